The van der Waals surface area contributed by atoms with Gasteiger partial charge in [-0.2, -0.15) is 0 Å². The summed E-state index contributed by atoms with van der Waals surface area (Å²) >= 11 is 0. The second-order valence-electron chi connectivity index (χ2n) is 3.45. The van der Waals surface area contributed by atoms with Crippen molar-refractivity contribution in [2.45, 2.75) is 20.3 Å². The van der Waals surface area contributed by atoms with E-state index in [0.29, 0.717) is 5.65 Å². The first-order chi connectivity index (χ1) is 7.13. The van der Waals surface area contributed by atoms with E-state index >= 15 is 0 Å². The molecule has 0 aromatic carbocycles. The summed E-state index contributed by atoms with van der Waals surface area (Å²) in [6, 6.07) is 3.18. The molecule has 0 radical (unpaired) electrons. The van der Waals surface area contributed by atoms with E-state index in [1.165, 1.54) is 0 Å². The van der Waals surface area contributed by atoms with Crippen LogP contribution in [0.1, 0.15) is 28.7 Å². The number of nitrogens with zero attached hydrogens (tertiary/aromatic N) is 2. The molecule has 0 saturated heterocycles. The first-order valence-corrected chi connectivity index (χ1v) is 4.84. The van der Waals surface area contributed by atoms with Crippen LogP contribution >= 0.6 is 0 Å². The molecule has 0 bridgehead atoms. The first kappa shape index (κ1) is 9.71. The van der Waals surface area contributed by atoms with E-state index in [-0.39, 0.29) is 5.56 Å². The second-order valence-corrected chi connectivity index (χ2v) is 3.45. The molecule has 0 unspecified atom stereocenters. The number of carboxylic acid groups (broad SMARTS) is 1. The van der Waals surface area contributed by atoms with Crippen molar-refractivity contribution in [3.8, 4) is 0 Å². The summed E-state index contributed by atoms with van der Waals surface area (Å²) in [5.74, 6) is -0.920. The Balaban J connectivity index is 2.69. The summed E-state index contributed by atoms with van der Waals surface area (Å²) in [6.45, 7) is 3.99. The van der Waals surface area contributed by atoms with Gasteiger partial charge in [0, 0.05) is 11.9 Å². The SMILES string of the molecule is CCc1c(C)nc2cc(C(=O)O)ccn12. The lowest BCUT2D eigenvalue weighted by Gasteiger charge is -1.99. The molecule has 0 fully saturated rings. The quantitative estimate of drug-likeness (QED) is 0.812. The Morgan fingerprint density at radius 3 is 2.93 bits per heavy atom. The zero-order chi connectivity index (χ0) is 11.0. The number of aromatic nitrogens is 2. The van der Waals surface area contributed by atoms with Gasteiger partial charge in [0.25, 0.3) is 0 Å². The van der Waals surface area contributed by atoms with Gasteiger partial charge < -0.3 is 9.51 Å². The number of pyridine rings is 1. The molecule has 0 atom stereocenters. The standard InChI is InChI=1S/C11H12N2O2/c1-3-9-7(2)12-10-6-8(11(14)15)4-5-13(9)10/h4-6H,3H2,1-2H3,(H,14,15). The van der Waals surface area contributed by atoms with Crippen LogP contribution in [0.2, 0.25) is 0 Å². The van der Waals surface area contributed by atoms with Gasteiger partial charge in [-0.3, -0.25) is 0 Å². The van der Waals surface area contributed by atoms with E-state index in [2.05, 4.69) is 11.9 Å². The van der Waals surface area contributed by atoms with E-state index in [0.717, 1.165) is 17.8 Å². The van der Waals surface area contributed by atoms with Crippen LogP contribution in [0.15, 0.2) is 18.3 Å². The van der Waals surface area contributed by atoms with Gasteiger partial charge >= 0.3 is 5.97 Å². The number of hydrogen-bond acceptors (Lipinski definition) is 2. The molecule has 0 aliphatic rings. The number of fused-ring (bicyclic) bond motifs is 1. The molecular formula is C11H12N2O2. The third kappa shape index (κ3) is 1.48. The fourth-order valence-electron chi connectivity index (χ4n) is 1.77. The Bertz CT molecular complexity index is 529. The van der Waals surface area contributed by atoms with Crippen LogP contribution in [-0.2, 0) is 6.42 Å². The molecule has 0 aliphatic carbocycles. The molecular weight excluding hydrogens is 192 g/mol. The lowest BCUT2D eigenvalue weighted by molar-refractivity contribution is 0.0697. The molecule has 2 aromatic rings. The minimum Gasteiger partial charge on any atom is -0.478 e. The normalized spacial score (nSPS) is 10.8. The fourth-order valence-corrected chi connectivity index (χ4v) is 1.77. The number of hydrogen-bond donors (Lipinski definition) is 1. The molecule has 78 valence electrons. The van der Waals surface area contributed by atoms with E-state index in [1.807, 2.05) is 11.3 Å². The van der Waals surface area contributed by atoms with Gasteiger partial charge in [0.2, 0.25) is 0 Å². The average molecular weight is 204 g/mol. The van der Waals surface area contributed by atoms with Crippen molar-refractivity contribution >= 4 is 11.6 Å². The Labute approximate surface area is 87.2 Å². The zero-order valence-electron chi connectivity index (χ0n) is 8.69. The van der Waals surface area contributed by atoms with E-state index in [4.69, 9.17) is 5.11 Å². The summed E-state index contributed by atoms with van der Waals surface area (Å²) in [4.78, 5) is 15.1. The van der Waals surface area contributed by atoms with E-state index < -0.39 is 5.97 Å². The fraction of sp³-hybridized carbons (Fsp3) is 0.273. The zero-order valence-corrected chi connectivity index (χ0v) is 8.69. The highest BCUT2D eigenvalue weighted by Crippen LogP contribution is 2.14. The molecule has 0 saturated carbocycles. The Hall–Kier alpha value is -1.84. The highest BCUT2D eigenvalue weighted by molar-refractivity contribution is 5.88. The van der Waals surface area contributed by atoms with Gasteiger partial charge in [-0.25, -0.2) is 9.78 Å². The number of imidazole rings is 1. The van der Waals surface area contributed by atoms with Gasteiger partial charge in [0.1, 0.15) is 5.65 Å². The summed E-state index contributed by atoms with van der Waals surface area (Å²) in [6.07, 6.45) is 2.65. The molecule has 0 aliphatic heterocycles. The van der Waals surface area contributed by atoms with Crippen LogP contribution in [0.5, 0.6) is 0 Å². The maximum atomic E-state index is 10.8. The van der Waals surface area contributed by atoms with Crippen molar-refractivity contribution < 1.29 is 9.90 Å². The monoisotopic (exact) mass is 204 g/mol. The molecule has 0 amide bonds. The van der Waals surface area contributed by atoms with Gasteiger partial charge in [0.05, 0.1) is 11.3 Å². The Morgan fingerprint density at radius 2 is 2.33 bits per heavy atom. The van der Waals surface area contributed by atoms with Crippen molar-refractivity contribution in [2.24, 2.45) is 0 Å². The third-order valence-electron chi connectivity index (χ3n) is 2.51. The number of rotatable bonds is 2. The maximum absolute atomic E-state index is 10.8. The number of aryl methyl sites for hydroxylation is 2. The molecule has 2 heterocycles. The minimum atomic E-state index is -0.920. The molecule has 2 aromatic heterocycles. The summed E-state index contributed by atoms with van der Waals surface area (Å²) < 4.78 is 1.93. The largest absolute Gasteiger partial charge is 0.478 e. The maximum Gasteiger partial charge on any atom is 0.335 e. The molecule has 4 heteroatoms. The van der Waals surface area contributed by atoms with Crippen LogP contribution in [0, 0.1) is 6.92 Å². The van der Waals surface area contributed by atoms with E-state index in [1.54, 1.807) is 18.3 Å². The topological polar surface area (TPSA) is 54.6 Å². The second kappa shape index (κ2) is 3.38. The highest BCUT2D eigenvalue weighted by atomic mass is 16.4. The minimum absolute atomic E-state index is 0.273. The van der Waals surface area contributed by atoms with Crippen LogP contribution in [0.4, 0.5) is 0 Å². The van der Waals surface area contributed by atoms with Crippen LogP contribution in [0.3, 0.4) is 0 Å². The van der Waals surface area contributed by atoms with Gasteiger partial charge in [-0.1, -0.05) is 6.92 Å². The predicted octanol–water partition coefficient (Wildman–Crippen LogP) is 1.90. The lowest BCUT2D eigenvalue weighted by atomic mass is 10.2. The van der Waals surface area contributed by atoms with Gasteiger partial charge in [-0.05, 0) is 25.5 Å². The summed E-state index contributed by atoms with van der Waals surface area (Å²) in [5.41, 5.74) is 3.06. The number of carbonyl (C=O) groups is 1. The highest BCUT2D eigenvalue weighted by Gasteiger charge is 2.09. The van der Waals surface area contributed by atoms with Crippen molar-refractivity contribution in [1.29, 1.82) is 0 Å². The van der Waals surface area contributed by atoms with Crippen LogP contribution in [0.25, 0.3) is 5.65 Å². The molecule has 2 rings (SSSR count). The van der Waals surface area contributed by atoms with Gasteiger partial charge in [-0.15, -0.1) is 0 Å². The molecule has 4 nitrogen and oxygen atoms in total. The first-order valence-electron chi connectivity index (χ1n) is 4.84. The number of carboxylic acids is 1. The van der Waals surface area contributed by atoms with Crippen molar-refractivity contribution in [3.05, 3.63) is 35.3 Å². The van der Waals surface area contributed by atoms with E-state index in [9.17, 15) is 4.79 Å². The smallest absolute Gasteiger partial charge is 0.335 e. The Morgan fingerprint density at radius 1 is 1.60 bits per heavy atom. The Kier molecular flexibility index (Phi) is 2.19. The summed E-state index contributed by atoms with van der Waals surface area (Å²) in [7, 11) is 0. The predicted molar refractivity (Wildman–Crippen MR) is 56.3 cm³/mol. The molecule has 1 N–H and O–H groups in total. The van der Waals surface area contributed by atoms with Crippen LogP contribution in [-0.4, -0.2) is 20.5 Å². The van der Waals surface area contributed by atoms with Gasteiger partial charge in [0.15, 0.2) is 0 Å². The van der Waals surface area contributed by atoms with Crippen molar-refractivity contribution in [2.75, 3.05) is 0 Å². The molecule has 0 spiro atoms. The summed E-state index contributed by atoms with van der Waals surface area (Å²) in [5, 5.41) is 8.84. The average Bonchev–Trinajstić information content (AvgIpc) is 2.51. The molecule has 15 heavy (non-hydrogen) atoms. The van der Waals surface area contributed by atoms with Crippen LogP contribution < -0.4 is 0 Å². The van der Waals surface area contributed by atoms with Crippen molar-refractivity contribution in [1.82, 2.24) is 9.38 Å². The lowest BCUT2D eigenvalue weighted by Crippen LogP contribution is -1.98. The third-order valence-corrected chi connectivity index (χ3v) is 2.51. The number of aromatic carboxylic acids is 1. The van der Waals surface area contributed by atoms with Crippen molar-refractivity contribution in [3.63, 3.8) is 0 Å².